The third kappa shape index (κ3) is 58.4. The van der Waals surface area contributed by atoms with E-state index in [1.165, 1.54) is 225 Å². The van der Waals surface area contributed by atoms with Gasteiger partial charge in [-0.05, 0) is 64.2 Å². The normalized spacial score (nSPS) is 12.4. The van der Waals surface area contributed by atoms with Crippen molar-refractivity contribution in [1.82, 2.24) is 0 Å². The Balaban J connectivity index is 4.27. The van der Waals surface area contributed by atoms with Gasteiger partial charge in [0.2, 0.25) is 0 Å². The van der Waals surface area contributed by atoms with Crippen LogP contribution in [-0.2, 0) is 23.8 Å². The maximum atomic E-state index is 12.7. The van der Waals surface area contributed by atoms with Crippen molar-refractivity contribution in [3.05, 3.63) is 48.6 Å². The molecule has 0 aliphatic heterocycles. The highest BCUT2D eigenvalue weighted by atomic mass is 16.6. The number of hydrogen-bond donors (Lipinski definition) is 0. The summed E-state index contributed by atoms with van der Waals surface area (Å²) in [6.45, 7) is 7.73. The number of carbonyl (C=O) groups excluding carboxylic acids is 2. The summed E-state index contributed by atoms with van der Waals surface area (Å²) in [6.07, 6.45) is 77.4. The van der Waals surface area contributed by atoms with Gasteiger partial charge in [0.1, 0.15) is 19.3 Å². The zero-order chi connectivity index (χ0) is 50.6. The highest BCUT2D eigenvalue weighted by Gasteiger charge is 2.16. The molecule has 0 aliphatic carbocycles. The summed E-state index contributed by atoms with van der Waals surface area (Å²) in [7, 11) is 0. The van der Waals surface area contributed by atoms with Crippen molar-refractivity contribution in [3.63, 3.8) is 0 Å². The molecule has 0 unspecified atom stereocenters. The number of unbranched alkanes of at least 4 members (excludes halogenated alkanes) is 39. The van der Waals surface area contributed by atoms with Gasteiger partial charge >= 0.3 is 11.9 Å². The van der Waals surface area contributed by atoms with Crippen LogP contribution in [0.1, 0.15) is 329 Å². The first-order chi connectivity index (χ1) is 34.6. The monoisotopic (exact) mass is 981 g/mol. The molecule has 0 heterocycles. The standard InChI is InChI=1S/C65H120O5/c1-4-7-10-13-16-19-22-25-28-31-33-35-37-40-43-46-49-52-55-58-64(66)69-61-63(68-60-57-54-51-48-45-42-39-30-27-24-21-18-15-12-9-6-3)62-70-65(67)59-56-53-50-47-44-41-38-36-34-32-29-26-23-20-17-14-11-8-5-2/h16,19,25,28,33,35,40,43,63H,4-15,17-18,20-24,26-27,29-32,34,36-39,41-42,44-62H2,1-3H3/b19-16-,28-25-,35-33-,43-40-/t63-/m1/s1. The van der Waals surface area contributed by atoms with Crippen molar-refractivity contribution in [1.29, 1.82) is 0 Å². The molecule has 410 valence electrons. The van der Waals surface area contributed by atoms with E-state index in [9.17, 15) is 9.59 Å². The molecule has 0 fully saturated rings. The molecule has 0 radical (unpaired) electrons. The molecule has 0 N–H and O–H groups in total. The lowest BCUT2D eigenvalue weighted by atomic mass is 10.0. The van der Waals surface area contributed by atoms with Crippen LogP contribution in [0.4, 0.5) is 0 Å². The van der Waals surface area contributed by atoms with Crippen LogP contribution in [0.5, 0.6) is 0 Å². The van der Waals surface area contributed by atoms with Crippen LogP contribution in [0.25, 0.3) is 0 Å². The average molecular weight is 982 g/mol. The van der Waals surface area contributed by atoms with E-state index in [0.29, 0.717) is 19.4 Å². The average Bonchev–Trinajstić information content (AvgIpc) is 3.36. The minimum Gasteiger partial charge on any atom is -0.463 e. The minimum atomic E-state index is -0.410. The Morgan fingerprint density at radius 1 is 0.300 bits per heavy atom. The van der Waals surface area contributed by atoms with Gasteiger partial charge in [-0.25, -0.2) is 0 Å². The van der Waals surface area contributed by atoms with Gasteiger partial charge in [-0.15, -0.1) is 0 Å². The predicted octanol–water partition coefficient (Wildman–Crippen LogP) is 21.5. The van der Waals surface area contributed by atoms with Crippen LogP contribution >= 0.6 is 0 Å². The van der Waals surface area contributed by atoms with Gasteiger partial charge < -0.3 is 14.2 Å². The fourth-order valence-corrected chi connectivity index (χ4v) is 9.18. The Morgan fingerprint density at radius 2 is 0.543 bits per heavy atom. The highest BCUT2D eigenvalue weighted by Crippen LogP contribution is 2.17. The summed E-state index contributed by atoms with van der Waals surface area (Å²) in [5.41, 5.74) is 0. The molecule has 1 atom stereocenters. The summed E-state index contributed by atoms with van der Waals surface area (Å²) in [6, 6.07) is 0. The lowest BCUT2D eigenvalue weighted by molar-refractivity contribution is -0.155. The molecule has 0 aromatic rings. The largest absolute Gasteiger partial charge is 0.463 e. The highest BCUT2D eigenvalue weighted by molar-refractivity contribution is 5.69. The second kappa shape index (κ2) is 61.2. The summed E-state index contributed by atoms with van der Waals surface area (Å²) in [5, 5.41) is 0. The molecule has 0 aromatic heterocycles. The van der Waals surface area contributed by atoms with Crippen LogP contribution in [0.3, 0.4) is 0 Å². The molecule has 0 aliphatic rings. The van der Waals surface area contributed by atoms with Gasteiger partial charge in [-0.2, -0.15) is 0 Å². The van der Waals surface area contributed by atoms with Crippen molar-refractivity contribution in [2.75, 3.05) is 19.8 Å². The van der Waals surface area contributed by atoms with Gasteiger partial charge in [0, 0.05) is 19.4 Å². The number of esters is 2. The molecule has 0 amide bonds. The second-order valence-electron chi connectivity index (χ2n) is 21.0. The van der Waals surface area contributed by atoms with E-state index in [1.807, 2.05) is 0 Å². The zero-order valence-electron chi connectivity index (χ0n) is 47.3. The Morgan fingerprint density at radius 3 is 0.871 bits per heavy atom. The Hall–Kier alpha value is -2.14. The minimum absolute atomic E-state index is 0.145. The molecule has 0 bridgehead atoms. The van der Waals surface area contributed by atoms with Gasteiger partial charge in [0.15, 0.2) is 0 Å². The predicted molar refractivity (Wildman–Crippen MR) is 307 cm³/mol. The molecule has 0 rings (SSSR count). The molecule has 5 nitrogen and oxygen atoms in total. The maximum Gasteiger partial charge on any atom is 0.305 e. The van der Waals surface area contributed by atoms with Crippen LogP contribution in [0.2, 0.25) is 0 Å². The molecular formula is C65H120O5. The van der Waals surface area contributed by atoms with Gasteiger partial charge in [0.05, 0.1) is 0 Å². The van der Waals surface area contributed by atoms with Crippen LogP contribution in [0, 0.1) is 0 Å². The smallest absolute Gasteiger partial charge is 0.305 e. The van der Waals surface area contributed by atoms with Crippen molar-refractivity contribution >= 4 is 11.9 Å². The maximum absolute atomic E-state index is 12.7. The lowest BCUT2D eigenvalue weighted by Crippen LogP contribution is -2.29. The van der Waals surface area contributed by atoms with Crippen molar-refractivity contribution in [2.24, 2.45) is 0 Å². The third-order valence-electron chi connectivity index (χ3n) is 13.9. The van der Waals surface area contributed by atoms with E-state index in [-0.39, 0.29) is 25.2 Å². The second-order valence-corrected chi connectivity index (χ2v) is 21.0. The quantitative estimate of drug-likeness (QED) is 0.0345. The lowest BCUT2D eigenvalue weighted by Gasteiger charge is -2.18. The third-order valence-corrected chi connectivity index (χ3v) is 13.9. The summed E-state index contributed by atoms with van der Waals surface area (Å²) >= 11 is 0. The fourth-order valence-electron chi connectivity index (χ4n) is 9.18. The number of rotatable bonds is 58. The van der Waals surface area contributed by atoms with Gasteiger partial charge in [-0.1, -0.05) is 301 Å². The molecule has 70 heavy (non-hydrogen) atoms. The number of ether oxygens (including phenoxy) is 3. The number of hydrogen-bond acceptors (Lipinski definition) is 5. The first kappa shape index (κ1) is 67.9. The van der Waals surface area contributed by atoms with E-state index >= 15 is 0 Å². The first-order valence-corrected chi connectivity index (χ1v) is 31.2. The van der Waals surface area contributed by atoms with Crippen LogP contribution in [-0.4, -0.2) is 37.9 Å². The molecule has 5 heteroatoms. The van der Waals surface area contributed by atoms with Crippen LogP contribution in [0.15, 0.2) is 48.6 Å². The number of carbonyl (C=O) groups is 2. The topological polar surface area (TPSA) is 61.8 Å². The Kier molecular flexibility index (Phi) is 59.3. The van der Waals surface area contributed by atoms with Crippen molar-refractivity contribution < 1.29 is 23.8 Å². The Bertz CT molecular complexity index is 1150. The zero-order valence-corrected chi connectivity index (χ0v) is 47.3. The molecule has 0 saturated carbocycles. The first-order valence-electron chi connectivity index (χ1n) is 31.2. The Labute approximate surface area is 437 Å². The van der Waals surface area contributed by atoms with Crippen molar-refractivity contribution in [3.8, 4) is 0 Å². The SMILES string of the molecule is CCCCC/C=C\C/C=C\C/C=C\C/C=C\CCCCCC(=O)OC[C@H](COC(=O)CCCCCCCCCCCCCCCCCCCCC)OCCCCCCCCCCCCCCCCCC. The summed E-state index contributed by atoms with van der Waals surface area (Å²) in [4.78, 5) is 25.4. The van der Waals surface area contributed by atoms with Crippen LogP contribution < -0.4 is 0 Å². The van der Waals surface area contributed by atoms with Gasteiger partial charge in [-0.3, -0.25) is 9.59 Å². The summed E-state index contributed by atoms with van der Waals surface area (Å²) < 4.78 is 17.5. The van der Waals surface area contributed by atoms with E-state index in [0.717, 1.165) is 70.6 Å². The van der Waals surface area contributed by atoms with Crippen molar-refractivity contribution in [2.45, 2.75) is 335 Å². The molecule has 0 spiro atoms. The van der Waals surface area contributed by atoms with E-state index in [1.54, 1.807) is 0 Å². The summed E-state index contributed by atoms with van der Waals surface area (Å²) in [5.74, 6) is -0.349. The fraction of sp³-hybridized carbons (Fsp3) is 0.846. The molecule has 0 aromatic carbocycles. The number of allylic oxidation sites excluding steroid dienone is 8. The van der Waals surface area contributed by atoms with E-state index in [4.69, 9.17) is 14.2 Å². The molecule has 0 saturated heterocycles. The van der Waals surface area contributed by atoms with Gasteiger partial charge in [0.25, 0.3) is 0 Å². The molecular weight excluding hydrogens is 861 g/mol. The van der Waals surface area contributed by atoms with E-state index < -0.39 is 6.10 Å². The van der Waals surface area contributed by atoms with E-state index in [2.05, 4.69) is 69.4 Å².